The summed E-state index contributed by atoms with van der Waals surface area (Å²) in [4.78, 5) is 1.96. The average molecular weight is 216 g/mol. The number of halogens is 1. The largest absolute Gasteiger partial charge is 0.395 e. The van der Waals surface area contributed by atoms with Crippen LogP contribution in [0.15, 0.2) is 12.1 Å². The summed E-state index contributed by atoms with van der Waals surface area (Å²) in [5.74, 6) is 0.735. The van der Waals surface area contributed by atoms with Gasteiger partial charge in [-0.05, 0) is 26.0 Å². The van der Waals surface area contributed by atoms with Crippen molar-refractivity contribution < 1.29 is 5.11 Å². The highest BCUT2D eigenvalue weighted by Crippen LogP contribution is 2.13. The third-order valence-corrected chi connectivity index (χ3v) is 2.08. The fourth-order valence-electron chi connectivity index (χ4n) is 1.21. The molecule has 0 amide bonds. The van der Waals surface area contributed by atoms with Crippen LogP contribution in [-0.4, -0.2) is 34.5 Å². The van der Waals surface area contributed by atoms with Gasteiger partial charge < -0.3 is 10.0 Å². The summed E-state index contributed by atoms with van der Waals surface area (Å²) >= 11 is 5.63. The number of aromatic nitrogens is 2. The van der Waals surface area contributed by atoms with Crippen LogP contribution in [0.2, 0.25) is 5.15 Å². The monoisotopic (exact) mass is 215 g/mol. The molecule has 4 nitrogen and oxygen atoms in total. The quantitative estimate of drug-likeness (QED) is 0.824. The van der Waals surface area contributed by atoms with E-state index in [0.29, 0.717) is 11.7 Å². The van der Waals surface area contributed by atoms with Gasteiger partial charge in [-0.1, -0.05) is 11.6 Å². The Labute approximate surface area is 88.5 Å². The molecule has 0 radical (unpaired) electrons. The van der Waals surface area contributed by atoms with Crippen LogP contribution in [0.3, 0.4) is 0 Å². The number of hydrogen-bond acceptors (Lipinski definition) is 4. The second-order valence-corrected chi connectivity index (χ2v) is 3.61. The van der Waals surface area contributed by atoms with E-state index in [1.165, 1.54) is 0 Å². The number of aliphatic hydroxyl groups is 1. The van der Waals surface area contributed by atoms with Crippen LogP contribution in [0.4, 0.5) is 5.82 Å². The van der Waals surface area contributed by atoms with Crippen LogP contribution < -0.4 is 4.90 Å². The molecule has 1 heterocycles. The van der Waals surface area contributed by atoms with E-state index < -0.39 is 0 Å². The summed E-state index contributed by atoms with van der Waals surface area (Å²) in [5, 5.41) is 17.0. The lowest BCUT2D eigenvalue weighted by Crippen LogP contribution is -2.34. The topological polar surface area (TPSA) is 49.2 Å². The van der Waals surface area contributed by atoms with E-state index in [1.54, 1.807) is 12.1 Å². The molecule has 0 aliphatic heterocycles. The van der Waals surface area contributed by atoms with Gasteiger partial charge in [0, 0.05) is 12.6 Å². The Morgan fingerprint density at radius 2 is 2.14 bits per heavy atom. The third kappa shape index (κ3) is 2.82. The highest BCUT2D eigenvalue weighted by Gasteiger charge is 2.11. The summed E-state index contributed by atoms with van der Waals surface area (Å²) in [5.41, 5.74) is 0. The first-order chi connectivity index (χ1) is 6.65. The zero-order chi connectivity index (χ0) is 10.6. The fraction of sp³-hybridized carbons (Fsp3) is 0.556. The number of anilines is 1. The zero-order valence-corrected chi connectivity index (χ0v) is 9.07. The van der Waals surface area contributed by atoms with E-state index in [0.717, 1.165) is 5.82 Å². The summed E-state index contributed by atoms with van der Waals surface area (Å²) in [6.45, 7) is 4.72. The molecule has 5 heteroatoms. The minimum Gasteiger partial charge on any atom is -0.395 e. The molecule has 0 bridgehead atoms. The summed E-state index contributed by atoms with van der Waals surface area (Å²) in [7, 11) is 0. The van der Waals surface area contributed by atoms with Crippen molar-refractivity contribution in [2.24, 2.45) is 0 Å². The van der Waals surface area contributed by atoms with Gasteiger partial charge in [0.2, 0.25) is 0 Å². The highest BCUT2D eigenvalue weighted by molar-refractivity contribution is 6.29. The van der Waals surface area contributed by atoms with E-state index in [2.05, 4.69) is 10.2 Å². The standard InChI is InChI=1S/C9H14ClN3O/c1-7(2)13(5-6-14)9-4-3-8(10)11-12-9/h3-4,7,14H,5-6H2,1-2H3. The first-order valence-corrected chi connectivity index (χ1v) is 4.89. The van der Waals surface area contributed by atoms with Crippen LogP contribution in [0.1, 0.15) is 13.8 Å². The van der Waals surface area contributed by atoms with Crippen molar-refractivity contribution in [2.75, 3.05) is 18.1 Å². The molecule has 0 saturated carbocycles. The highest BCUT2D eigenvalue weighted by atomic mass is 35.5. The Morgan fingerprint density at radius 1 is 1.43 bits per heavy atom. The van der Waals surface area contributed by atoms with Crippen molar-refractivity contribution in [3.63, 3.8) is 0 Å². The van der Waals surface area contributed by atoms with Crippen LogP contribution in [0, 0.1) is 0 Å². The van der Waals surface area contributed by atoms with Gasteiger partial charge in [-0.2, -0.15) is 0 Å². The molecule has 0 spiro atoms. The molecule has 14 heavy (non-hydrogen) atoms. The molecule has 1 aromatic heterocycles. The Morgan fingerprint density at radius 3 is 2.57 bits per heavy atom. The minimum atomic E-state index is 0.0997. The van der Waals surface area contributed by atoms with Gasteiger partial charge in [-0.15, -0.1) is 10.2 Å². The molecule has 1 aromatic rings. The number of hydrogen-bond donors (Lipinski definition) is 1. The SMILES string of the molecule is CC(C)N(CCO)c1ccc(Cl)nn1. The molecule has 0 aromatic carbocycles. The van der Waals surface area contributed by atoms with Gasteiger partial charge in [0.1, 0.15) is 0 Å². The van der Waals surface area contributed by atoms with Crippen molar-refractivity contribution in [1.82, 2.24) is 10.2 Å². The lowest BCUT2D eigenvalue weighted by atomic mass is 10.3. The van der Waals surface area contributed by atoms with Gasteiger partial charge in [-0.25, -0.2) is 0 Å². The van der Waals surface area contributed by atoms with E-state index >= 15 is 0 Å². The third-order valence-electron chi connectivity index (χ3n) is 1.88. The summed E-state index contributed by atoms with van der Waals surface area (Å²) in [6, 6.07) is 3.76. The molecule has 1 rings (SSSR count). The second-order valence-electron chi connectivity index (χ2n) is 3.23. The fourth-order valence-corrected chi connectivity index (χ4v) is 1.31. The number of nitrogens with zero attached hydrogens (tertiary/aromatic N) is 3. The molecule has 0 unspecified atom stereocenters. The van der Waals surface area contributed by atoms with Crippen molar-refractivity contribution in [1.29, 1.82) is 0 Å². The van der Waals surface area contributed by atoms with Gasteiger partial charge in [0.05, 0.1) is 6.61 Å². The molecule has 0 aliphatic carbocycles. The summed E-state index contributed by atoms with van der Waals surface area (Å²) < 4.78 is 0. The van der Waals surface area contributed by atoms with Crippen LogP contribution in [0.5, 0.6) is 0 Å². The number of rotatable bonds is 4. The van der Waals surface area contributed by atoms with Crippen LogP contribution in [0.25, 0.3) is 0 Å². The molecule has 0 fully saturated rings. The lowest BCUT2D eigenvalue weighted by Gasteiger charge is -2.26. The van der Waals surface area contributed by atoms with E-state index in [9.17, 15) is 0 Å². The Hall–Kier alpha value is -0.870. The molecule has 0 saturated heterocycles. The van der Waals surface area contributed by atoms with Crippen LogP contribution in [-0.2, 0) is 0 Å². The Balaban J connectivity index is 2.82. The maximum atomic E-state index is 8.89. The predicted molar refractivity (Wildman–Crippen MR) is 56.6 cm³/mol. The van der Waals surface area contributed by atoms with Crippen molar-refractivity contribution in [3.8, 4) is 0 Å². The van der Waals surface area contributed by atoms with Crippen molar-refractivity contribution >= 4 is 17.4 Å². The molecule has 78 valence electrons. The Kier molecular flexibility index (Phi) is 4.10. The predicted octanol–water partition coefficient (Wildman–Crippen LogP) is 1.34. The lowest BCUT2D eigenvalue weighted by molar-refractivity contribution is 0.298. The molecular formula is C9H14ClN3O. The molecular weight excluding hydrogens is 202 g/mol. The molecule has 1 N–H and O–H groups in total. The zero-order valence-electron chi connectivity index (χ0n) is 8.31. The normalized spacial score (nSPS) is 10.6. The van der Waals surface area contributed by atoms with E-state index in [-0.39, 0.29) is 12.6 Å². The van der Waals surface area contributed by atoms with Gasteiger partial charge in [-0.3, -0.25) is 0 Å². The van der Waals surface area contributed by atoms with Crippen molar-refractivity contribution in [2.45, 2.75) is 19.9 Å². The smallest absolute Gasteiger partial charge is 0.151 e. The maximum absolute atomic E-state index is 8.89. The van der Waals surface area contributed by atoms with Gasteiger partial charge in [0.25, 0.3) is 0 Å². The van der Waals surface area contributed by atoms with E-state index in [1.807, 2.05) is 18.7 Å². The minimum absolute atomic E-state index is 0.0997. The summed E-state index contributed by atoms with van der Waals surface area (Å²) in [6.07, 6.45) is 0. The second kappa shape index (κ2) is 5.12. The average Bonchev–Trinajstić information content (AvgIpc) is 2.15. The van der Waals surface area contributed by atoms with Gasteiger partial charge in [0.15, 0.2) is 11.0 Å². The molecule has 0 aliphatic rings. The van der Waals surface area contributed by atoms with Crippen molar-refractivity contribution in [3.05, 3.63) is 17.3 Å². The first kappa shape index (κ1) is 11.2. The number of aliphatic hydroxyl groups excluding tert-OH is 1. The Bertz CT molecular complexity index is 276. The first-order valence-electron chi connectivity index (χ1n) is 4.52. The van der Waals surface area contributed by atoms with Crippen LogP contribution >= 0.6 is 11.6 Å². The maximum Gasteiger partial charge on any atom is 0.151 e. The molecule has 0 atom stereocenters. The van der Waals surface area contributed by atoms with Gasteiger partial charge >= 0.3 is 0 Å². The van der Waals surface area contributed by atoms with E-state index in [4.69, 9.17) is 16.7 Å².